The van der Waals surface area contributed by atoms with Gasteiger partial charge in [-0.05, 0) is 26.0 Å². The fourth-order valence-corrected chi connectivity index (χ4v) is 2.90. The third-order valence-electron chi connectivity index (χ3n) is 4.48. The lowest BCUT2D eigenvalue weighted by molar-refractivity contribution is -0.135. The first-order valence-electron chi connectivity index (χ1n) is 8.34. The lowest BCUT2D eigenvalue weighted by atomic mass is 10.2. The van der Waals surface area contributed by atoms with Crippen molar-refractivity contribution < 1.29 is 18.4 Å². The number of hydrogen-bond acceptors (Lipinski definition) is 5. The summed E-state index contributed by atoms with van der Waals surface area (Å²) in [5.74, 6) is 0.363. The van der Waals surface area contributed by atoms with E-state index in [4.69, 9.17) is 9.26 Å². The Morgan fingerprint density at radius 1 is 1.23 bits per heavy atom. The first-order valence-corrected chi connectivity index (χ1v) is 8.34. The zero-order chi connectivity index (χ0) is 17.8. The Hall–Kier alpha value is -2.12. The molecule has 3 rings (SSSR count). The summed E-state index contributed by atoms with van der Waals surface area (Å²) in [5, 5.41) is 3.97. The standard InChI is InChI=1S/C18H22FN3O3.ClH/c1-13-15(14(2)25-20-13)11-21-7-9-22(10-8-21)18(23)12-24-17-6-4-3-5-16(17)19;/h3-6H,7-12H2,1-2H3;1H. The molecule has 0 unspecified atom stereocenters. The highest BCUT2D eigenvalue weighted by atomic mass is 35.5. The zero-order valence-corrected chi connectivity index (χ0v) is 15.7. The molecule has 0 bridgehead atoms. The van der Waals surface area contributed by atoms with Crippen molar-refractivity contribution in [1.82, 2.24) is 15.0 Å². The molecule has 1 amide bonds. The molecule has 1 aromatic carbocycles. The molecule has 1 aliphatic rings. The van der Waals surface area contributed by atoms with Crippen LogP contribution >= 0.6 is 12.4 Å². The lowest BCUT2D eigenvalue weighted by Gasteiger charge is -2.34. The van der Waals surface area contributed by atoms with Gasteiger partial charge < -0.3 is 14.2 Å². The monoisotopic (exact) mass is 383 g/mol. The molecule has 0 aliphatic carbocycles. The van der Waals surface area contributed by atoms with E-state index in [1.807, 2.05) is 13.8 Å². The molecule has 142 valence electrons. The summed E-state index contributed by atoms with van der Waals surface area (Å²) in [4.78, 5) is 16.3. The molecule has 26 heavy (non-hydrogen) atoms. The summed E-state index contributed by atoms with van der Waals surface area (Å²) in [7, 11) is 0. The van der Waals surface area contributed by atoms with Crippen LogP contribution in [0.25, 0.3) is 0 Å². The number of aromatic nitrogens is 1. The second-order valence-electron chi connectivity index (χ2n) is 6.18. The molecule has 1 saturated heterocycles. The molecule has 0 spiro atoms. The number of piperazine rings is 1. The van der Waals surface area contributed by atoms with E-state index < -0.39 is 5.82 Å². The van der Waals surface area contributed by atoms with Crippen LogP contribution in [-0.2, 0) is 11.3 Å². The van der Waals surface area contributed by atoms with E-state index in [-0.39, 0.29) is 30.7 Å². The number of aryl methyl sites for hydroxylation is 2. The predicted molar refractivity (Wildman–Crippen MR) is 97.0 cm³/mol. The molecular weight excluding hydrogens is 361 g/mol. The van der Waals surface area contributed by atoms with Crippen LogP contribution in [-0.4, -0.2) is 53.6 Å². The van der Waals surface area contributed by atoms with E-state index in [1.165, 1.54) is 12.1 Å². The van der Waals surface area contributed by atoms with E-state index >= 15 is 0 Å². The van der Waals surface area contributed by atoms with Gasteiger partial charge in [0.2, 0.25) is 0 Å². The maximum atomic E-state index is 13.5. The van der Waals surface area contributed by atoms with Crippen molar-refractivity contribution in [2.45, 2.75) is 20.4 Å². The van der Waals surface area contributed by atoms with Gasteiger partial charge >= 0.3 is 0 Å². The van der Waals surface area contributed by atoms with Gasteiger partial charge in [0.25, 0.3) is 5.91 Å². The fourth-order valence-electron chi connectivity index (χ4n) is 2.90. The van der Waals surface area contributed by atoms with Gasteiger partial charge in [0, 0.05) is 38.3 Å². The van der Waals surface area contributed by atoms with Crippen LogP contribution in [0.2, 0.25) is 0 Å². The van der Waals surface area contributed by atoms with Crippen molar-refractivity contribution in [1.29, 1.82) is 0 Å². The fraction of sp³-hybridized carbons (Fsp3) is 0.444. The SMILES string of the molecule is Cc1noc(C)c1CN1CCN(C(=O)COc2ccccc2F)CC1.Cl. The number of ether oxygens (including phenoxy) is 1. The quantitative estimate of drug-likeness (QED) is 0.794. The Morgan fingerprint density at radius 3 is 2.54 bits per heavy atom. The summed E-state index contributed by atoms with van der Waals surface area (Å²) in [6.45, 7) is 7.28. The van der Waals surface area contributed by atoms with Crippen LogP contribution in [0.4, 0.5) is 4.39 Å². The Bertz CT molecular complexity index is 726. The summed E-state index contributed by atoms with van der Waals surface area (Å²) in [6.07, 6.45) is 0. The zero-order valence-electron chi connectivity index (χ0n) is 14.9. The lowest BCUT2D eigenvalue weighted by Crippen LogP contribution is -2.49. The number of amides is 1. The van der Waals surface area contributed by atoms with Gasteiger partial charge in [0.15, 0.2) is 18.2 Å². The van der Waals surface area contributed by atoms with Crippen LogP contribution in [0.15, 0.2) is 28.8 Å². The Balaban J connectivity index is 0.00000243. The number of nitrogens with zero attached hydrogens (tertiary/aromatic N) is 3. The van der Waals surface area contributed by atoms with E-state index in [2.05, 4.69) is 10.1 Å². The second-order valence-corrected chi connectivity index (χ2v) is 6.18. The van der Waals surface area contributed by atoms with Gasteiger partial charge in [0.05, 0.1) is 5.69 Å². The summed E-state index contributed by atoms with van der Waals surface area (Å²) in [6, 6.07) is 6.09. The van der Waals surface area contributed by atoms with Crippen molar-refractivity contribution in [2.75, 3.05) is 32.8 Å². The summed E-state index contributed by atoms with van der Waals surface area (Å²) >= 11 is 0. The molecular formula is C18H23ClFN3O3. The van der Waals surface area contributed by atoms with Gasteiger partial charge in [0.1, 0.15) is 5.76 Å². The average Bonchev–Trinajstić information content (AvgIpc) is 2.93. The van der Waals surface area contributed by atoms with Crippen LogP contribution < -0.4 is 4.74 Å². The van der Waals surface area contributed by atoms with Crippen LogP contribution in [0.3, 0.4) is 0 Å². The first kappa shape index (κ1) is 20.2. The molecule has 8 heteroatoms. The normalized spacial score (nSPS) is 14.8. The van der Waals surface area contributed by atoms with Gasteiger partial charge in [-0.1, -0.05) is 17.3 Å². The molecule has 0 radical (unpaired) electrons. The van der Waals surface area contributed by atoms with Crippen molar-refractivity contribution in [3.05, 3.63) is 47.1 Å². The Labute approximate surface area is 158 Å². The number of hydrogen-bond donors (Lipinski definition) is 0. The predicted octanol–water partition coefficient (Wildman–Crippen LogP) is 2.58. The largest absolute Gasteiger partial charge is 0.481 e. The van der Waals surface area contributed by atoms with Crippen LogP contribution in [0, 0.1) is 19.7 Å². The van der Waals surface area contributed by atoms with Gasteiger partial charge in [-0.2, -0.15) is 0 Å². The Morgan fingerprint density at radius 2 is 1.92 bits per heavy atom. The molecule has 1 fully saturated rings. The van der Waals surface area contributed by atoms with E-state index in [1.54, 1.807) is 17.0 Å². The number of halogens is 2. The number of carbonyl (C=O) groups is 1. The number of rotatable bonds is 5. The third kappa shape index (κ3) is 4.74. The van der Waals surface area contributed by atoms with Crippen molar-refractivity contribution in [2.24, 2.45) is 0 Å². The number of carbonyl (C=O) groups excluding carboxylic acids is 1. The highest BCUT2D eigenvalue weighted by Crippen LogP contribution is 2.17. The minimum atomic E-state index is -0.459. The van der Waals surface area contributed by atoms with E-state index in [9.17, 15) is 9.18 Å². The number of para-hydroxylation sites is 1. The van der Waals surface area contributed by atoms with Gasteiger partial charge in [-0.15, -0.1) is 12.4 Å². The van der Waals surface area contributed by atoms with Crippen LogP contribution in [0.5, 0.6) is 5.75 Å². The molecule has 0 saturated carbocycles. The molecule has 0 atom stereocenters. The summed E-state index contributed by atoms with van der Waals surface area (Å²) < 4.78 is 24.0. The van der Waals surface area contributed by atoms with Crippen molar-refractivity contribution >= 4 is 18.3 Å². The van der Waals surface area contributed by atoms with Crippen LogP contribution in [0.1, 0.15) is 17.0 Å². The van der Waals surface area contributed by atoms with E-state index in [0.29, 0.717) is 13.1 Å². The van der Waals surface area contributed by atoms with Gasteiger partial charge in [-0.3, -0.25) is 9.69 Å². The molecule has 2 aromatic rings. The average molecular weight is 384 g/mol. The second kappa shape index (κ2) is 9.00. The maximum Gasteiger partial charge on any atom is 0.260 e. The summed E-state index contributed by atoms with van der Waals surface area (Å²) in [5.41, 5.74) is 2.02. The molecule has 0 N–H and O–H groups in total. The van der Waals surface area contributed by atoms with Crippen molar-refractivity contribution in [3.8, 4) is 5.75 Å². The smallest absolute Gasteiger partial charge is 0.260 e. The minimum Gasteiger partial charge on any atom is -0.481 e. The minimum absolute atomic E-state index is 0. The van der Waals surface area contributed by atoms with Gasteiger partial charge in [-0.25, -0.2) is 4.39 Å². The third-order valence-corrected chi connectivity index (χ3v) is 4.48. The van der Waals surface area contributed by atoms with Crippen molar-refractivity contribution in [3.63, 3.8) is 0 Å². The molecule has 2 heterocycles. The topological polar surface area (TPSA) is 58.8 Å². The first-order chi connectivity index (χ1) is 12.0. The Kier molecular flexibility index (Phi) is 6.99. The highest BCUT2D eigenvalue weighted by molar-refractivity contribution is 5.85. The number of benzene rings is 1. The van der Waals surface area contributed by atoms with E-state index in [0.717, 1.165) is 36.7 Å². The highest BCUT2D eigenvalue weighted by Gasteiger charge is 2.23. The molecule has 1 aliphatic heterocycles. The maximum absolute atomic E-state index is 13.5. The molecule has 1 aromatic heterocycles. The molecule has 6 nitrogen and oxygen atoms in total.